The standard InChI is InChI=1S/C10H14O6/c1-3-5-15-7(9(11)12)8(10(13)14)16-6-4-2/h3-4,7-8H,1-2,5-6H2,(H,11,12)(H,13,14). The molecule has 0 aromatic rings. The SMILES string of the molecule is C=CCOC(C(=O)O)C(OCC=C)C(=O)O. The molecule has 0 heterocycles. The first-order valence-corrected chi connectivity index (χ1v) is 4.45. The molecule has 0 spiro atoms. The maximum absolute atomic E-state index is 10.8. The van der Waals surface area contributed by atoms with Gasteiger partial charge in [-0.2, -0.15) is 0 Å². The molecule has 0 bridgehead atoms. The number of hydrogen-bond acceptors (Lipinski definition) is 4. The van der Waals surface area contributed by atoms with Crippen LogP contribution in [0, 0.1) is 0 Å². The number of rotatable bonds is 9. The quantitative estimate of drug-likeness (QED) is 0.553. The Balaban J connectivity index is 4.64. The summed E-state index contributed by atoms with van der Waals surface area (Å²) in [5.41, 5.74) is 0. The van der Waals surface area contributed by atoms with Crippen molar-refractivity contribution in [2.24, 2.45) is 0 Å². The Morgan fingerprint density at radius 1 is 1.00 bits per heavy atom. The Hall–Kier alpha value is -1.66. The molecule has 2 unspecified atom stereocenters. The molecule has 6 heteroatoms. The molecule has 0 aliphatic carbocycles. The number of carbonyl (C=O) groups is 2. The van der Waals surface area contributed by atoms with Crippen molar-refractivity contribution in [2.45, 2.75) is 12.2 Å². The molecule has 90 valence electrons. The van der Waals surface area contributed by atoms with Crippen molar-refractivity contribution in [1.82, 2.24) is 0 Å². The zero-order valence-corrected chi connectivity index (χ0v) is 8.67. The van der Waals surface area contributed by atoms with E-state index in [-0.39, 0.29) is 13.2 Å². The molecule has 0 saturated carbocycles. The lowest BCUT2D eigenvalue weighted by Crippen LogP contribution is -2.43. The maximum Gasteiger partial charge on any atom is 0.336 e. The highest BCUT2D eigenvalue weighted by Gasteiger charge is 2.35. The van der Waals surface area contributed by atoms with E-state index in [4.69, 9.17) is 19.7 Å². The van der Waals surface area contributed by atoms with Crippen molar-refractivity contribution >= 4 is 11.9 Å². The van der Waals surface area contributed by atoms with Crippen LogP contribution < -0.4 is 0 Å². The minimum atomic E-state index is -1.57. The summed E-state index contributed by atoms with van der Waals surface area (Å²) < 4.78 is 9.63. The Morgan fingerprint density at radius 3 is 1.50 bits per heavy atom. The Labute approximate surface area is 92.8 Å². The fourth-order valence-corrected chi connectivity index (χ4v) is 0.920. The van der Waals surface area contributed by atoms with Crippen LogP contribution in [0.1, 0.15) is 0 Å². The first-order chi connectivity index (χ1) is 7.54. The minimum Gasteiger partial charge on any atom is -0.479 e. The van der Waals surface area contributed by atoms with E-state index in [0.29, 0.717) is 0 Å². The molecule has 2 atom stereocenters. The van der Waals surface area contributed by atoms with Crippen LogP contribution in [-0.2, 0) is 19.1 Å². The van der Waals surface area contributed by atoms with Gasteiger partial charge in [-0.25, -0.2) is 9.59 Å². The van der Waals surface area contributed by atoms with Crippen molar-refractivity contribution in [3.63, 3.8) is 0 Å². The third kappa shape index (κ3) is 4.72. The lowest BCUT2D eigenvalue weighted by Gasteiger charge is -2.19. The number of ether oxygens (including phenoxy) is 2. The summed E-state index contributed by atoms with van der Waals surface area (Å²) in [6.45, 7) is 6.53. The van der Waals surface area contributed by atoms with Gasteiger partial charge >= 0.3 is 11.9 Å². The zero-order chi connectivity index (χ0) is 12.6. The summed E-state index contributed by atoms with van der Waals surface area (Å²) in [7, 11) is 0. The number of carboxylic acid groups (broad SMARTS) is 2. The lowest BCUT2D eigenvalue weighted by molar-refractivity contribution is -0.174. The molecule has 16 heavy (non-hydrogen) atoms. The van der Waals surface area contributed by atoms with Gasteiger partial charge in [-0.05, 0) is 0 Å². The van der Waals surface area contributed by atoms with Crippen LogP contribution >= 0.6 is 0 Å². The van der Waals surface area contributed by atoms with E-state index in [0.717, 1.165) is 0 Å². The van der Waals surface area contributed by atoms with Crippen LogP contribution in [0.4, 0.5) is 0 Å². The van der Waals surface area contributed by atoms with E-state index < -0.39 is 24.1 Å². The highest BCUT2D eigenvalue weighted by Crippen LogP contribution is 2.06. The number of hydrogen-bond donors (Lipinski definition) is 2. The Kier molecular flexibility index (Phi) is 6.82. The second kappa shape index (κ2) is 7.61. The van der Waals surface area contributed by atoms with E-state index in [2.05, 4.69) is 13.2 Å². The monoisotopic (exact) mass is 230 g/mol. The fraction of sp³-hybridized carbons (Fsp3) is 0.400. The topological polar surface area (TPSA) is 93.1 Å². The van der Waals surface area contributed by atoms with E-state index >= 15 is 0 Å². The molecule has 0 aromatic heterocycles. The minimum absolute atomic E-state index is 0.0712. The highest BCUT2D eigenvalue weighted by atomic mass is 16.6. The molecule has 0 radical (unpaired) electrons. The molecule has 0 saturated heterocycles. The summed E-state index contributed by atoms with van der Waals surface area (Å²) in [5, 5.41) is 17.6. The normalized spacial score (nSPS) is 13.8. The third-order valence-corrected chi connectivity index (χ3v) is 1.55. The van der Waals surface area contributed by atoms with Crippen LogP contribution in [0.15, 0.2) is 25.3 Å². The second-order valence-corrected chi connectivity index (χ2v) is 2.76. The second-order valence-electron chi connectivity index (χ2n) is 2.76. The summed E-state index contributed by atoms with van der Waals surface area (Å²) in [6.07, 6.45) is -0.504. The molecule has 0 aromatic carbocycles. The van der Waals surface area contributed by atoms with Crippen molar-refractivity contribution < 1.29 is 29.3 Å². The lowest BCUT2D eigenvalue weighted by atomic mass is 10.2. The van der Waals surface area contributed by atoms with E-state index in [1.807, 2.05) is 0 Å². The summed E-state index contributed by atoms with van der Waals surface area (Å²) in [4.78, 5) is 21.6. The largest absolute Gasteiger partial charge is 0.479 e. The van der Waals surface area contributed by atoms with E-state index in [1.54, 1.807) is 0 Å². The third-order valence-electron chi connectivity index (χ3n) is 1.55. The van der Waals surface area contributed by atoms with Crippen molar-refractivity contribution in [1.29, 1.82) is 0 Å². The van der Waals surface area contributed by atoms with Gasteiger partial charge in [0.05, 0.1) is 13.2 Å². The molecule has 0 amide bonds. The van der Waals surface area contributed by atoms with E-state index in [1.165, 1.54) is 12.2 Å². The molecular formula is C10H14O6. The summed E-state index contributed by atoms with van der Waals surface area (Å²) in [5.74, 6) is -2.81. The predicted octanol–water partition coefficient (Wildman–Crippen LogP) is 0.298. The maximum atomic E-state index is 10.8. The molecule has 0 aliphatic rings. The smallest absolute Gasteiger partial charge is 0.336 e. The van der Waals surface area contributed by atoms with Gasteiger partial charge in [0, 0.05) is 0 Å². The number of aliphatic carboxylic acids is 2. The van der Waals surface area contributed by atoms with Crippen LogP contribution in [0.2, 0.25) is 0 Å². The zero-order valence-electron chi connectivity index (χ0n) is 8.67. The highest BCUT2D eigenvalue weighted by molar-refractivity contribution is 5.83. The van der Waals surface area contributed by atoms with Crippen molar-refractivity contribution in [3.8, 4) is 0 Å². The van der Waals surface area contributed by atoms with Gasteiger partial charge in [0.2, 0.25) is 0 Å². The first-order valence-electron chi connectivity index (χ1n) is 4.45. The van der Waals surface area contributed by atoms with Crippen LogP contribution in [0.5, 0.6) is 0 Å². The van der Waals surface area contributed by atoms with Crippen LogP contribution in [-0.4, -0.2) is 47.6 Å². The average Bonchev–Trinajstić information content (AvgIpc) is 2.21. The molecule has 0 aliphatic heterocycles. The van der Waals surface area contributed by atoms with Gasteiger partial charge in [0.15, 0.2) is 12.2 Å². The molecule has 2 N–H and O–H groups in total. The van der Waals surface area contributed by atoms with Gasteiger partial charge in [-0.1, -0.05) is 12.2 Å². The van der Waals surface area contributed by atoms with Crippen LogP contribution in [0.25, 0.3) is 0 Å². The van der Waals surface area contributed by atoms with Gasteiger partial charge in [-0.15, -0.1) is 13.2 Å². The predicted molar refractivity (Wildman–Crippen MR) is 55.1 cm³/mol. The molecule has 0 fully saturated rings. The Bertz CT molecular complexity index is 244. The van der Waals surface area contributed by atoms with Gasteiger partial charge in [0.25, 0.3) is 0 Å². The average molecular weight is 230 g/mol. The van der Waals surface area contributed by atoms with Crippen LogP contribution in [0.3, 0.4) is 0 Å². The van der Waals surface area contributed by atoms with Gasteiger partial charge < -0.3 is 19.7 Å². The number of carboxylic acids is 2. The van der Waals surface area contributed by atoms with Gasteiger partial charge in [0.1, 0.15) is 0 Å². The van der Waals surface area contributed by atoms with E-state index in [9.17, 15) is 9.59 Å². The fourth-order valence-electron chi connectivity index (χ4n) is 0.920. The van der Waals surface area contributed by atoms with Crippen molar-refractivity contribution in [2.75, 3.05) is 13.2 Å². The van der Waals surface area contributed by atoms with Gasteiger partial charge in [-0.3, -0.25) is 0 Å². The van der Waals surface area contributed by atoms with Crippen molar-refractivity contribution in [3.05, 3.63) is 25.3 Å². The molecule has 0 rings (SSSR count). The Morgan fingerprint density at radius 2 is 1.31 bits per heavy atom. The summed E-state index contributed by atoms with van der Waals surface area (Å²) >= 11 is 0. The molecular weight excluding hydrogens is 216 g/mol. The summed E-state index contributed by atoms with van der Waals surface area (Å²) in [6, 6.07) is 0. The first kappa shape index (κ1) is 14.3. The molecule has 6 nitrogen and oxygen atoms in total.